The van der Waals surface area contributed by atoms with Crippen LogP contribution in [0.3, 0.4) is 0 Å². The van der Waals surface area contributed by atoms with Gasteiger partial charge >= 0.3 is 0 Å². The molecule has 0 aliphatic carbocycles. The van der Waals surface area contributed by atoms with E-state index in [1.807, 2.05) is 0 Å². The van der Waals surface area contributed by atoms with E-state index in [2.05, 4.69) is 41.3 Å². The van der Waals surface area contributed by atoms with Crippen molar-refractivity contribution in [2.75, 3.05) is 32.7 Å². The van der Waals surface area contributed by atoms with Crippen molar-refractivity contribution in [3.05, 3.63) is 35.6 Å². The van der Waals surface area contributed by atoms with Gasteiger partial charge in [-0.2, -0.15) is 0 Å². The van der Waals surface area contributed by atoms with Gasteiger partial charge in [0, 0.05) is 13.1 Å². The molecule has 0 radical (unpaired) electrons. The molecule has 4 nitrogen and oxygen atoms in total. The Morgan fingerprint density at radius 2 is 1.71 bits per heavy atom. The smallest absolute Gasteiger partial charge is 0.191 e. The van der Waals surface area contributed by atoms with Crippen molar-refractivity contribution in [1.82, 2.24) is 15.5 Å². The molecule has 1 aromatic carbocycles. The summed E-state index contributed by atoms with van der Waals surface area (Å²) < 4.78 is 12.9. The molecule has 0 bridgehead atoms. The minimum atomic E-state index is -0.212. The van der Waals surface area contributed by atoms with E-state index in [0.29, 0.717) is 6.54 Å². The number of hydrogen-bond acceptors (Lipinski definition) is 2. The molecule has 0 amide bonds. The molecule has 0 unspecified atom stereocenters. The SMILES string of the molecule is CCNC(=NCc1ccc(F)cc1)NCCCCN(CC)CC.I. The first-order valence-electron chi connectivity index (χ1n) is 8.68. The van der Waals surface area contributed by atoms with Crippen LogP contribution in [0.25, 0.3) is 0 Å². The van der Waals surface area contributed by atoms with E-state index in [-0.39, 0.29) is 29.8 Å². The zero-order chi connectivity index (χ0) is 16.9. The van der Waals surface area contributed by atoms with Crippen LogP contribution in [-0.4, -0.2) is 43.6 Å². The summed E-state index contributed by atoms with van der Waals surface area (Å²) in [5, 5.41) is 6.60. The van der Waals surface area contributed by atoms with E-state index in [4.69, 9.17) is 0 Å². The lowest BCUT2D eigenvalue weighted by molar-refractivity contribution is 0.297. The van der Waals surface area contributed by atoms with E-state index >= 15 is 0 Å². The van der Waals surface area contributed by atoms with Crippen molar-refractivity contribution in [2.24, 2.45) is 4.99 Å². The standard InChI is InChI=1S/C18H31FN4.HI/c1-4-20-18(21-13-7-8-14-23(5-2)6-3)22-15-16-9-11-17(19)12-10-16;/h9-12H,4-8,13-15H2,1-3H3,(H2,20,21,22);1H. The molecule has 2 N–H and O–H groups in total. The molecule has 0 aromatic heterocycles. The van der Waals surface area contributed by atoms with Gasteiger partial charge in [-0.3, -0.25) is 0 Å². The Bertz CT molecular complexity index is 447. The van der Waals surface area contributed by atoms with Crippen LogP contribution in [0.2, 0.25) is 0 Å². The molecular formula is C18H32FIN4. The minimum Gasteiger partial charge on any atom is -0.357 e. The number of guanidine groups is 1. The van der Waals surface area contributed by atoms with Crippen LogP contribution in [0, 0.1) is 5.82 Å². The van der Waals surface area contributed by atoms with E-state index in [9.17, 15) is 4.39 Å². The average Bonchev–Trinajstić information content (AvgIpc) is 2.57. The quantitative estimate of drug-likeness (QED) is 0.248. The third kappa shape index (κ3) is 10.1. The van der Waals surface area contributed by atoms with Gasteiger partial charge in [-0.05, 0) is 57.1 Å². The highest BCUT2D eigenvalue weighted by atomic mass is 127. The van der Waals surface area contributed by atoms with Crippen molar-refractivity contribution in [3.63, 3.8) is 0 Å². The Hall–Kier alpha value is -0.890. The van der Waals surface area contributed by atoms with Crippen molar-refractivity contribution < 1.29 is 4.39 Å². The Morgan fingerprint density at radius 1 is 1.04 bits per heavy atom. The van der Waals surface area contributed by atoms with Crippen LogP contribution in [0.15, 0.2) is 29.3 Å². The van der Waals surface area contributed by atoms with Gasteiger partial charge in [-0.1, -0.05) is 26.0 Å². The van der Waals surface area contributed by atoms with Crippen LogP contribution in [0.4, 0.5) is 4.39 Å². The highest BCUT2D eigenvalue weighted by Crippen LogP contribution is 2.03. The van der Waals surface area contributed by atoms with E-state index < -0.39 is 0 Å². The molecule has 138 valence electrons. The third-order valence-corrected chi connectivity index (χ3v) is 3.77. The molecule has 1 aromatic rings. The molecule has 0 saturated heterocycles. The maximum Gasteiger partial charge on any atom is 0.191 e. The highest BCUT2D eigenvalue weighted by Gasteiger charge is 2.00. The first-order chi connectivity index (χ1) is 11.2. The van der Waals surface area contributed by atoms with Gasteiger partial charge in [0.2, 0.25) is 0 Å². The fraction of sp³-hybridized carbons (Fsp3) is 0.611. The fourth-order valence-corrected chi connectivity index (χ4v) is 2.31. The van der Waals surface area contributed by atoms with Gasteiger partial charge < -0.3 is 15.5 Å². The Morgan fingerprint density at radius 3 is 2.29 bits per heavy atom. The number of rotatable bonds is 10. The molecule has 0 spiro atoms. The summed E-state index contributed by atoms with van der Waals surface area (Å²) in [6, 6.07) is 6.48. The first-order valence-corrected chi connectivity index (χ1v) is 8.68. The normalized spacial score (nSPS) is 11.3. The predicted molar refractivity (Wildman–Crippen MR) is 112 cm³/mol. The number of aliphatic imine (C=N–C) groups is 1. The lowest BCUT2D eigenvalue weighted by atomic mass is 10.2. The van der Waals surface area contributed by atoms with Gasteiger partial charge in [0.1, 0.15) is 5.82 Å². The first kappa shape index (κ1) is 23.1. The molecule has 0 aliphatic rings. The zero-order valence-electron chi connectivity index (χ0n) is 15.1. The number of hydrogen-bond donors (Lipinski definition) is 2. The van der Waals surface area contributed by atoms with Gasteiger partial charge in [-0.25, -0.2) is 9.38 Å². The number of halogens is 2. The Kier molecular flexibility index (Phi) is 13.9. The molecule has 1 rings (SSSR count). The summed E-state index contributed by atoms with van der Waals surface area (Å²) in [5.74, 6) is 0.607. The second-order valence-corrected chi connectivity index (χ2v) is 5.48. The third-order valence-electron chi connectivity index (χ3n) is 3.77. The summed E-state index contributed by atoms with van der Waals surface area (Å²) in [6.45, 7) is 12.1. The zero-order valence-corrected chi connectivity index (χ0v) is 17.5. The number of unbranched alkanes of at least 4 members (excludes halogenated alkanes) is 1. The van der Waals surface area contributed by atoms with Crippen LogP contribution in [0.1, 0.15) is 39.2 Å². The van der Waals surface area contributed by atoms with E-state index in [0.717, 1.165) is 50.7 Å². The fourth-order valence-electron chi connectivity index (χ4n) is 2.31. The van der Waals surface area contributed by atoms with Crippen molar-refractivity contribution in [2.45, 2.75) is 40.2 Å². The maximum absolute atomic E-state index is 12.9. The lowest BCUT2D eigenvalue weighted by Gasteiger charge is -2.18. The summed E-state index contributed by atoms with van der Waals surface area (Å²) in [7, 11) is 0. The second kappa shape index (κ2) is 14.5. The molecule has 0 atom stereocenters. The molecule has 0 saturated carbocycles. The van der Waals surface area contributed by atoms with Crippen molar-refractivity contribution in [1.29, 1.82) is 0 Å². The van der Waals surface area contributed by atoms with Crippen LogP contribution in [-0.2, 0) is 6.54 Å². The lowest BCUT2D eigenvalue weighted by Crippen LogP contribution is -2.38. The predicted octanol–water partition coefficient (Wildman–Crippen LogP) is 3.62. The summed E-state index contributed by atoms with van der Waals surface area (Å²) in [4.78, 5) is 6.98. The van der Waals surface area contributed by atoms with Crippen LogP contribution < -0.4 is 10.6 Å². The number of nitrogens with one attached hydrogen (secondary N) is 2. The summed E-state index contributed by atoms with van der Waals surface area (Å²) in [6.07, 6.45) is 2.31. The van der Waals surface area contributed by atoms with Gasteiger partial charge in [0.05, 0.1) is 6.54 Å². The topological polar surface area (TPSA) is 39.7 Å². The average molecular weight is 450 g/mol. The largest absolute Gasteiger partial charge is 0.357 e. The van der Waals surface area contributed by atoms with Crippen LogP contribution in [0.5, 0.6) is 0 Å². The summed E-state index contributed by atoms with van der Waals surface area (Å²) in [5.41, 5.74) is 1.00. The Balaban J connectivity index is 0.00000529. The van der Waals surface area contributed by atoms with Gasteiger partial charge in [-0.15, -0.1) is 24.0 Å². The molecule has 6 heteroatoms. The summed E-state index contributed by atoms with van der Waals surface area (Å²) >= 11 is 0. The van der Waals surface area contributed by atoms with Crippen LogP contribution >= 0.6 is 24.0 Å². The van der Waals surface area contributed by atoms with Crippen molar-refractivity contribution >= 4 is 29.9 Å². The van der Waals surface area contributed by atoms with E-state index in [1.54, 1.807) is 12.1 Å². The molecular weight excluding hydrogens is 418 g/mol. The van der Waals surface area contributed by atoms with Gasteiger partial charge in [0.25, 0.3) is 0 Å². The second-order valence-electron chi connectivity index (χ2n) is 5.48. The Labute approximate surface area is 163 Å². The monoisotopic (exact) mass is 450 g/mol. The van der Waals surface area contributed by atoms with Crippen molar-refractivity contribution in [3.8, 4) is 0 Å². The molecule has 24 heavy (non-hydrogen) atoms. The highest BCUT2D eigenvalue weighted by molar-refractivity contribution is 14.0. The number of nitrogens with zero attached hydrogens (tertiary/aromatic N) is 2. The maximum atomic E-state index is 12.9. The van der Waals surface area contributed by atoms with Gasteiger partial charge in [0.15, 0.2) is 5.96 Å². The molecule has 0 fully saturated rings. The molecule has 0 heterocycles. The number of benzene rings is 1. The minimum absolute atomic E-state index is 0. The molecule has 0 aliphatic heterocycles. The van der Waals surface area contributed by atoms with E-state index in [1.165, 1.54) is 18.6 Å².